The van der Waals surface area contributed by atoms with Crippen LogP contribution in [0.4, 0.5) is 0 Å². The Morgan fingerprint density at radius 3 is 2.45 bits per heavy atom. The summed E-state index contributed by atoms with van der Waals surface area (Å²) in [4.78, 5) is 39.6. The zero-order valence-corrected chi connectivity index (χ0v) is 18.7. The average Bonchev–Trinajstić information content (AvgIpc) is 3.21. The summed E-state index contributed by atoms with van der Waals surface area (Å²) in [5, 5.41) is 17.0. The lowest BCUT2D eigenvalue weighted by atomic mass is 9.99. The third-order valence-corrected chi connectivity index (χ3v) is 5.52. The van der Waals surface area contributed by atoms with Crippen LogP contribution >= 0.6 is 11.6 Å². The zero-order chi connectivity index (χ0) is 23.7. The van der Waals surface area contributed by atoms with Crippen LogP contribution in [0.2, 0.25) is 5.02 Å². The number of hydrogen-bond acceptors (Lipinski definition) is 6. The van der Waals surface area contributed by atoms with Crippen molar-refractivity contribution in [3.8, 4) is 17.3 Å². The topological polar surface area (TPSA) is 117 Å². The van der Waals surface area contributed by atoms with Crippen molar-refractivity contribution in [1.82, 2.24) is 14.6 Å². The van der Waals surface area contributed by atoms with Gasteiger partial charge in [0.25, 0.3) is 5.56 Å². The maximum absolute atomic E-state index is 12.7. The first kappa shape index (κ1) is 22.3. The van der Waals surface area contributed by atoms with Gasteiger partial charge in [0.2, 0.25) is 11.8 Å². The van der Waals surface area contributed by atoms with E-state index in [1.165, 1.54) is 24.1 Å². The highest BCUT2D eigenvalue weighted by Gasteiger charge is 2.34. The van der Waals surface area contributed by atoms with Crippen LogP contribution in [0.1, 0.15) is 37.4 Å². The molecule has 33 heavy (non-hydrogen) atoms. The Morgan fingerprint density at radius 1 is 1.18 bits per heavy atom. The SMILES string of the molecule is CCOc1ccc([C@@H]2CC(c3c(O)n(-c4ccc(Cl)cc4)c(=O)[nH]c3=O)=NN2C(C)=O)cc1. The third kappa shape index (κ3) is 4.27. The molecule has 0 saturated carbocycles. The van der Waals surface area contributed by atoms with E-state index >= 15 is 0 Å². The molecule has 10 heteroatoms. The van der Waals surface area contributed by atoms with Crippen LogP contribution in [0.3, 0.4) is 0 Å². The zero-order valence-electron chi connectivity index (χ0n) is 17.9. The van der Waals surface area contributed by atoms with Gasteiger partial charge in [-0.05, 0) is 48.9 Å². The molecule has 2 heterocycles. The number of carbonyl (C=O) groups is 1. The minimum absolute atomic E-state index is 0.170. The molecule has 1 aromatic heterocycles. The van der Waals surface area contributed by atoms with Gasteiger partial charge >= 0.3 is 5.69 Å². The molecule has 3 aromatic rings. The predicted octanol–water partition coefficient (Wildman–Crippen LogP) is 2.98. The van der Waals surface area contributed by atoms with Gasteiger partial charge in [-0.1, -0.05) is 23.7 Å². The molecule has 0 radical (unpaired) electrons. The molecule has 4 rings (SSSR count). The molecule has 0 saturated heterocycles. The number of ether oxygens (including phenoxy) is 1. The Morgan fingerprint density at radius 2 is 1.85 bits per heavy atom. The van der Waals surface area contributed by atoms with Gasteiger partial charge in [-0.25, -0.2) is 14.4 Å². The van der Waals surface area contributed by atoms with Crippen molar-refractivity contribution in [2.45, 2.75) is 26.3 Å². The van der Waals surface area contributed by atoms with Gasteiger partial charge in [0.1, 0.15) is 11.3 Å². The highest BCUT2D eigenvalue weighted by atomic mass is 35.5. The number of H-pyrrole nitrogens is 1. The predicted molar refractivity (Wildman–Crippen MR) is 123 cm³/mol. The summed E-state index contributed by atoms with van der Waals surface area (Å²) in [6, 6.07) is 12.9. The van der Waals surface area contributed by atoms with Gasteiger partial charge in [0.15, 0.2) is 0 Å². The van der Waals surface area contributed by atoms with E-state index in [4.69, 9.17) is 16.3 Å². The van der Waals surface area contributed by atoms with E-state index in [9.17, 15) is 19.5 Å². The van der Waals surface area contributed by atoms with Gasteiger partial charge in [-0.15, -0.1) is 0 Å². The van der Waals surface area contributed by atoms with Crippen molar-refractivity contribution in [1.29, 1.82) is 0 Å². The number of aromatic hydroxyl groups is 1. The van der Waals surface area contributed by atoms with E-state index in [2.05, 4.69) is 10.1 Å². The second kappa shape index (κ2) is 8.95. The quantitative estimate of drug-likeness (QED) is 0.597. The van der Waals surface area contributed by atoms with Crippen molar-refractivity contribution in [3.05, 3.63) is 85.5 Å². The average molecular weight is 469 g/mol. The minimum Gasteiger partial charge on any atom is -0.494 e. The molecule has 9 nitrogen and oxygen atoms in total. The minimum atomic E-state index is -0.811. The van der Waals surface area contributed by atoms with Crippen LogP contribution in [-0.4, -0.2) is 37.9 Å². The van der Waals surface area contributed by atoms with E-state index in [-0.39, 0.29) is 23.6 Å². The number of carbonyl (C=O) groups excluding carboxylic acids is 1. The lowest BCUT2D eigenvalue weighted by Gasteiger charge is -2.20. The summed E-state index contributed by atoms with van der Waals surface area (Å²) < 4.78 is 6.42. The summed E-state index contributed by atoms with van der Waals surface area (Å²) in [6.07, 6.45) is 0.170. The number of benzene rings is 2. The fourth-order valence-corrected chi connectivity index (χ4v) is 3.90. The van der Waals surface area contributed by atoms with Crippen LogP contribution in [0.25, 0.3) is 5.69 Å². The molecule has 0 bridgehead atoms. The highest BCUT2D eigenvalue weighted by molar-refractivity contribution is 6.30. The van der Waals surface area contributed by atoms with E-state index in [1.807, 2.05) is 19.1 Å². The van der Waals surface area contributed by atoms with Crippen molar-refractivity contribution >= 4 is 23.2 Å². The monoisotopic (exact) mass is 468 g/mol. The highest BCUT2D eigenvalue weighted by Crippen LogP contribution is 2.34. The molecule has 2 N–H and O–H groups in total. The Kier molecular flexibility index (Phi) is 6.06. The van der Waals surface area contributed by atoms with E-state index in [0.29, 0.717) is 23.1 Å². The molecule has 170 valence electrons. The summed E-state index contributed by atoms with van der Waals surface area (Å²) in [5.41, 5.74) is -0.500. The smallest absolute Gasteiger partial charge is 0.335 e. The molecule has 0 fully saturated rings. The molecule has 0 unspecified atom stereocenters. The maximum atomic E-state index is 12.7. The maximum Gasteiger partial charge on any atom is 0.335 e. The van der Waals surface area contributed by atoms with Crippen molar-refractivity contribution in [3.63, 3.8) is 0 Å². The Balaban J connectivity index is 1.77. The summed E-state index contributed by atoms with van der Waals surface area (Å²) >= 11 is 5.91. The van der Waals surface area contributed by atoms with Crippen LogP contribution in [-0.2, 0) is 4.79 Å². The first-order chi connectivity index (χ1) is 15.8. The second-order valence-corrected chi connectivity index (χ2v) is 7.84. The number of nitrogens with zero attached hydrogens (tertiary/aromatic N) is 3. The largest absolute Gasteiger partial charge is 0.494 e. The number of halogens is 1. The molecule has 1 amide bonds. The fraction of sp³-hybridized carbons (Fsp3) is 0.217. The molecular weight excluding hydrogens is 448 g/mol. The Labute approximate surface area is 193 Å². The van der Waals surface area contributed by atoms with Gasteiger partial charge in [-0.2, -0.15) is 5.10 Å². The Bertz CT molecular complexity index is 1340. The standard InChI is InChI=1S/C23H21ClN4O5/c1-3-33-17-10-4-14(5-11-17)19-12-18(26-28(19)13(2)29)20-21(30)25-23(32)27(22(20)31)16-8-6-15(24)7-9-16/h4-11,19,31H,3,12H2,1-2H3,(H,25,30,32)/t19-/m0/s1. The van der Waals surface area contributed by atoms with Crippen LogP contribution in [0.15, 0.2) is 63.2 Å². The van der Waals surface area contributed by atoms with E-state index in [1.54, 1.807) is 24.3 Å². The molecule has 0 spiro atoms. The first-order valence-corrected chi connectivity index (χ1v) is 10.6. The first-order valence-electron chi connectivity index (χ1n) is 10.2. The fourth-order valence-electron chi connectivity index (χ4n) is 3.78. The second-order valence-electron chi connectivity index (χ2n) is 7.40. The molecular formula is C23H21ClN4O5. The van der Waals surface area contributed by atoms with Crippen LogP contribution in [0.5, 0.6) is 11.6 Å². The lowest BCUT2D eigenvalue weighted by molar-refractivity contribution is -0.130. The van der Waals surface area contributed by atoms with Gasteiger partial charge < -0.3 is 9.84 Å². The molecule has 1 aliphatic heterocycles. The lowest BCUT2D eigenvalue weighted by Crippen LogP contribution is -2.33. The number of aromatic nitrogens is 2. The number of rotatable bonds is 5. The number of hydrogen-bond donors (Lipinski definition) is 2. The molecule has 1 aliphatic rings. The van der Waals surface area contributed by atoms with Crippen molar-refractivity contribution in [2.75, 3.05) is 6.61 Å². The van der Waals surface area contributed by atoms with Crippen molar-refractivity contribution < 1.29 is 14.6 Å². The number of aromatic amines is 1. The van der Waals surface area contributed by atoms with Gasteiger partial charge in [0, 0.05) is 18.4 Å². The Hall–Kier alpha value is -3.85. The van der Waals surface area contributed by atoms with E-state index in [0.717, 1.165) is 10.1 Å². The third-order valence-electron chi connectivity index (χ3n) is 5.27. The normalized spacial score (nSPS) is 15.4. The van der Waals surface area contributed by atoms with Gasteiger partial charge in [-0.3, -0.25) is 14.6 Å². The number of hydrazone groups is 1. The summed E-state index contributed by atoms with van der Waals surface area (Å²) in [5.74, 6) is -0.203. The van der Waals surface area contributed by atoms with Crippen LogP contribution < -0.4 is 16.0 Å². The number of amides is 1. The summed E-state index contributed by atoms with van der Waals surface area (Å²) in [6.45, 7) is 3.78. The molecule has 2 aromatic carbocycles. The molecule has 1 atom stereocenters. The number of nitrogens with one attached hydrogen (secondary N) is 1. The van der Waals surface area contributed by atoms with Gasteiger partial charge in [0.05, 0.1) is 24.0 Å². The van der Waals surface area contributed by atoms with Crippen molar-refractivity contribution in [2.24, 2.45) is 5.10 Å². The van der Waals surface area contributed by atoms with E-state index < -0.39 is 23.2 Å². The molecule has 0 aliphatic carbocycles. The van der Waals surface area contributed by atoms with Crippen LogP contribution in [0, 0.1) is 0 Å². The summed E-state index contributed by atoms with van der Waals surface area (Å²) in [7, 11) is 0.